The summed E-state index contributed by atoms with van der Waals surface area (Å²) in [6.07, 6.45) is 7.84. The summed E-state index contributed by atoms with van der Waals surface area (Å²) in [6, 6.07) is 36.0. The van der Waals surface area contributed by atoms with Crippen molar-refractivity contribution in [1.82, 2.24) is 40.8 Å². The quantitative estimate of drug-likeness (QED) is 0.118. The minimum absolute atomic E-state index is 0.281. The van der Waals surface area contributed by atoms with Crippen LogP contribution >= 0.6 is 69.6 Å². The van der Waals surface area contributed by atoms with Crippen LogP contribution in [0, 0.1) is 0 Å². The zero-order chi connectivity index (χ0) is 55.0. The molecule has 2 saturated heterocycles. The summed E-state index contributed by atoms with van der Waals surface area (Å²) in [5, 5.41) is 11.8. The van der Waals surface area contributed by atoms with E-state index >= 15 is 0 Å². The predicted molar refractivity (Wildman–Crippen MR) is 317 cm³/mol. The number of hydrogen-bond donors (Lipinski definition) is 3. The Bertz CT molecular complexity index is 3470. The number of carbonyl (C=O) groups is 3. The first-order valence-corrected chi connectivity index (χ1v) is 27.5. The van der Waals surface area contributed by atoms with Gasteiger partial charge in [-0.1, -0.05) is 118 Å². The number of amides is 4. The summed E-state index contributed by atoms with van der Waals surface area (Å²) in [6.45, 7) is 8.79. The van der Waals surface area contributed by atoms with Crippen LogP contribution in [0.25, 0.3) is 22.3 Å². The molecule has 8 aromatic rings. The monoisotopic (exact) mass is 1170 g/mol. The normalized spacial score (nSPS) is 15.1. The van der Waals surface area contributed by atoms with Crippen LogP contribution in [0.1, 0.15) is 27.0 Å². The molecule has 0 saturated carbocycles. The van der Waals surface area contributed by atoms with Gasteiger partial charge in [0.05, 0.1) is 42.8 Å². The first-order chi connectivity index (χ1) is 38.5. The average molecular weight is 1180 g/mol. The van der Waals surface area contributed by atoms with Gasteiger partial charge in [-0.05, 0) is 89.5 Å². The average Bonchev–Trinajstić information content (AvgIpc) is 3.55. The highest BCUT2D eigenvalue weighted by molar-refractivity contribution is 6.41. The molecule has 3 N–H and O–H groups in total. The minimum Gasteiger partial charge on any atom is -0.338 e. The number of piperazine rings is 2. The third-order valence-electron chi connectivity index (χ3n) is 13.6. The van der Waals surface area contributed by atoms with Crippen molar-refractivity contribution in [2.75, 3.05) is 72.0 Å². The van der Waals surface area contributed by atoms with Crippen molar-refractivity contribution < 1.29 is 14.4 Å². The number of hydrogen-bond acceptors (Lipinski definition) is 11. The van der Waals surface area contributed by atoms with E-state index in [9.17, 15) is 14.4 Å². The molecule has 0 spiro atoms. The van der Waals surface area contributed by atoms with Crippen LogP contribution in [0.3, 0.4) is 0 Å². The van der Waals surface area contributed by atoms with Crippen LogP contribution in [0.4, 0.5) is 44.2 Å². The number of urea groups is 2. The number of nitrogens with one attached hydrogen (secondary N) is 3. The van der Waals surface area contributed by atoms with E-state index in [0.717, 1.165) is 115 Å². The second kappa shape index (κ2) is 25.4. The number of carbonyl (C=O) groups excluding carboxylic acids is 3. The maximum Gasteiger partial charge on any atom is 0.326 e. The van der Waals surface area contributed by atoms with Gasteiger partial charge in [-0.25, -0.2) is 29.5 Å². The molecule has 12 rings (SSSR count). The fraction of sp³-hybridized carbons (Fsp3) is 0.190. The molecule has 21 heteroatoms. The van der Waals surface area contributed by atoms with Gasteiger partial charge in [-0.3, -0.25) is 19.5 Å². The zero-order valence-electron chi connectivity index (χ0n) is 42.2. The second-order valence-corrected chi connectivity index (χ2v) is 21.0. The Hall–Kier alpha value is -7.05. The number of fused-ring (bicyclic) bond motifs is 2. The first kappa shape index (κ1) is 55.3. The number of aldehydes is 1. The third-order valence-corrected chi connectivity index (χ3v) is 15.5. The molecule has 4 aliphatic heterocycles. The van der Waals surface area contributed by atoms with Crippen LogP contribution in [0.5, 0.6) is 0 Å². The maximum absolute atomic E-state index is 13.3. The van der Waals surface area contributed by atoms with E-state index in [2.05, 4.69) is 62.7 Å². The molecule has 79 heavy (non-hydrogen) atoms. The molecule has 0 bridgehead atoms. The molecule has 0 radical (unpaired) electrons. The number of aromatic nitrogens is 4. The van der Waals surface area contributed by atoms with Crippen LogP contribution in [-0.4, -0.2) is 95.5 Å². The van der Waals surface area contributed by atoms with Gasteiger partial charge in [0.1, 0.15) is 6.29 Å². The van der Waals surface area contributed by atoms with Gasteiger partial charge in [0.2, 0.25) is 11.9 Å². The van der Waals surface area contributed by atoms with Crippen molar-refractivity contribution in [3.8, 4) is 22.3 Å². The zero-order valence-corrected chi connectivity index (χ0v) is 46.8. The van der Waals surface area contributed by atoms with Crippen molar-refractivity contribution >= 4 is 123 Å². The second-order valence-electron chi connectivity index (χ2n) is 18.5. The number of benzene rings is 6. The number of halogens is 6. The van der Waals surface area contributed by atoms with Gasteiger partial charge in [0.25, 0.3) is 0 Å². The molecule has 0 atom stereocenters. The Balaban J connectivity index is 0.000000152. The lowest BCUT2D eigenvalue weighted by atomic mass is 9.93. The van der Waals surface area contributed by atoms with Crippen molar-refractivity contribution in [1.29, 1.82) is 0 Å². The van der Waals surface area contributed by atoms with Gasteiger partial charge >= 0.3 is 12.1 Å². The lowest BCUT2D eigenvalue weighted by molar-refractivity contribution is 0.112. The molecule has 4 aliphatic rings. The SMILES string of the molecule is O=C1NCc2c(-c3ccccc3Cl)cc(CN3CCN(c4ncccn4)CC3)cc2N1c1c(Cl)cccc1Cl.O=Cc1cc(-c2ccccc2Cl)c2c(c1)N(c1c(Cl)cccc1Cl)C(=O)NC2.c1cnc(N2CCNCC2)nc1. The molecule has 0 unspecified atom stereocenters. The molecular weight excluding hydrogens is 1130 g/mol. The van der Waals surface area contributed by atoms with Gasteiger partial charge in [0, 0.05) is 135 Å². The van der Waals surface area contributed by atoms with Crippen molar-refractivity contribution in [2.45, 2.75) is 19.6 Å². The van der Waals surface area contributed by atoms with E-state index in [1.54, 1.807) is 84.3 Å². The number of anilines is 6. The van der Waals surface area contributed by atoms with Crippen molar-refractivity contribution in [2.24, 2.45) is 0 Å². The highest BCUT2D eigenvalue weighted by Gasteiger charge is 2.33. The lowest BCUT2D eigenvalue weighted by Gasteiger charge is -2.36. The Morgan fingerprint density at radius 3 is 1.37 bits per heavy atom. The summed E-state index contributed by atoms with van der Waals surface area (Å²) in [5.74, 6) is 1.60. The Morgan fingerprint density at radius 2 is 0.899 bits per heavy atom. The molecule has 2 fully saturated rings. The first-order valence-electron chi connectivity index (χ1n) is 25.3. The largest absolute Gasteiger partial charge is 0.338 e. The highest BCUT2D eigenvalue weighted by atomic mass is 35.5. The van der Waals surface area contributed by atoms with E-state index in [0.29, 0.717) is 65.9 Å². The topological polar surface area (TPSA) is 155 Å². The fourth-order valence-corrected chi connectivity index (χ4v) is 11.5. The van der Waals surface area contributed by atoms with Crippen LogP contribution < -0.4 is 35.6 Å². The smallest absolute Gasteiger partial charge is 0.326 e. The molecule has 15 nitrogen and oxygen atoms in total. The van der Waals surface area contributed by atoms with Gasteiger partial charge < -0.3 is 25.8 Å². The molecule has 2 aromatic heterocycles. The summed E-state index contributed by atoms with van der Waals surface area (Å²) >= 11 is 39.0. The molecule has 6 heterocycles. The van der Waals surface area contributed by atoms with Gasteiger partial charge in [-0.15, -0.1) is 0 Å². The summed E-state index contributed by atoms with van der Waals surface area (Å²) in [5.41, 5.74) is 8.76. The number of nitrogens with zero attached hydrogens (tertiary/aromatic N) is 9. The molecule has 6 aromatic carbocycles. The van der Waals surface area contributed by atoms with E-state index in [-0.39, 0.29) is 18.6 Å². The van der Waals surface area contributed by atoms with Crippen molar-refractivity contribution in [3.63, 3.8) is 0 Å². The Kier molecular flexibility index (Phi) is 17.8. The molecular formula is C58H50Cl6N12O3. The number of para-hydroxylation sites is 2. The Morgan fingerprint density at radius 1 is 0.468 bits per heavy atom. The van der Waals surface area contributed by atoms with E-state index < -0.39 is 0 Å². The summed E-state index contributed by atoms with van der Waals surface area (Å²) in [7, 11) is 0. The molecule has 402 valence electrons. The Labute approximate surface area is 487 Å². The van der Waals surface area contributed by atoms with Gasteiger partial charge in [0.15, 0.2) is 0 Å². The summed E-state index contributed by atoms with van der Waals surface area (Å²) < 4.78 is 0. The predicted octanol–water partition coefficient (Wildman–Crippen LogP) is 13.2. The number of rotatable bonds is 9. The minimum atomic E-state index is -0.379. The highest BCUT2D eigenvalue weighted by Crippen LogP contribution is 2.47. The van der Waals surface area contributed by atoms with E-state index in [4.69, 9.17) is 69.6 Å². The van der Waals surface area contributed by atoms with Crippen LogP contribution in [0.15, 0.2) is 146 Å². The van der Waals surface area contributed by atoms with E-state index in [1.165, 1.54) is 4.90 Å². The van der Waals surface area contributed by atoms with Crippen LogP contribution in [0.2, 0.25) is 30.1 Å². The molecule has 0 aliphatic carbocycles. The molecule has 4 amide bonds. The standard InChI is InChI=1S/C29H25Cl3N6O.C21H13Cl3N2O2.C8H12N4/c30-23-6-2-1-5-20(23)21-15-19(18-36-11-13-37(14-12-36)28-33-9-4-10-34-28)16-26-22(21)17-35-29(39)38(26)27-24(31)7-3-8-25(27)32;22-16-5-2-1-4-13(16)14-8-12(11-27)9-19-15(14)10-25-21(28)26(19)20-17(23)6-3-7-18(20)24;1-2-10-8(11-3-1)12-6-4-9-5-7-12/h1-10,15-16H,11-14,17-18H2,(H,35,39);1-9,11H,10H2,(H,25,28);1-3,9H,4-7H2. The summed E-state index contributed by atoms with van der Waals surface area (Å²) in [4.78, 5) is 64.6. The van der Waals surface area contributed by atoms with Crippen LogP contribution in [-0.2, 0) is 19.6 Å². The lowest BCUT2D eigenvalue weighted by Crippen LogP contribution is -2.46. The van der Waals surface area contributed by atoms with Crippen molar-refractivity contribution in [3.05, 3.63) is 199 Å². The van der Waals surface area contributed by atoms with Gasteiger partial charge in [-0.2, -0.15) is 0 Å². The third kappa shape index (κ3) is 12.4. The maximum atomic E-state index is 13.3. The fourth-order valence-electron chi connectivity index (χ4n) is 9.86. The van der Waals surface area contributed by atoms with E-state index in [1.807, 2.05) is 54.6 Å².